The van der Waals surface area contributed by atoms with Gasteiger partial charge in [-0.05, 0) is 18.2 Å². The second-order valence-corrected chi connectivity index (χ2v) is 3.45. The monoisotopic (exact) mass is 257 g/mol. The van der Waals surface area contributed by atoms with Crippen molar-refractivity contribution >= 4 is 27.6 Å². The topological polar surface area (TPSA) is 69.4 Å². The average Bonchev–Trinajstić information content (AvgIpc) is 2.16. The van der Waals surface area contributed by atoms with Crippen LogP contribution >= 0.6 is 15.9 Å². The van der Waals surface area contributed by atoms with Gasteiger partial charge in [0, 0.05) is 4.47 Å². The minimum Gasteiger partial charge on any atom is -0.496 e. The summed E-state index contributed by atoms with van der Waals surface area (Å²) >= 11 is 3.18. The van der Waals surface area contributed by atoms with Gasteiger partial charge in [-0.25, -0.2) is 0 Å². The molecule has 0 atom stereocenters. The highest BCUT2D eigenvalue weighted by atomic mass is 79.9. The number of Topliss-reactive ketones (excluding diaryl/α,β-unsaturated/α-hetero) is 1. The third kappa shape index (κ3) is 2.11. The summed E-state index contributed by atoms with van der Waals surface area (Å²) in [5.41, 5.74) is 5.04. The zero-order valence-electron chi connectivity index (χ0n) is 7.41. The first-order valence-electron chi connectivity index (χ1n) is 3.74. The average molecular weight is 258 g/mol. The number of hydrogen-bond acceptors (Lipinski definition) is 3. The molecule has 4 nitrogen and oxygen atoms in total. The van der Waals surface area contributed by atoms with Crippen LogP contribution in [0, 0.1) is 0 Å². The van der Waals surface area contributed by atoms with Gasteiger partial charge in [0.15, 0.2) is 0 Å². The van der Waals surface area contributed by atoms with Crippen molar-refractivity contribution in [3.05, 3.63) is 28.2 Å². The van der Waals surface area contributed by atoms with E-state index < -0.39 is 11.7 Å². The molecule has 2 N–H and O–H groups in total. The molecule has 0 aliphatic carbocycles. The molecule has 1 aromatic rings. The second kappa shape index (κ2) is 4.23. The molecule has 0 fully saturated rings. The summed E-state index contributed by atoms with van der Waals surface area (Å²) in [6.07, 6.45) is 0. The van der Waals surface area contributed by atoms with E-state index in [-0.39, 0.29) is 5.56 Å². The molecule has 0 aromatic heterocycles. The summed E-state index contributed by atoms with van der Waals surface area (Å²) < 4.78 is 5.61. The van der Waals surface area contributed by atoms with Crippen LogP contribution in [0.3, 0.4) is 0 Å². The Kier molecular flexibility index (Phi) is 3.24. The number of methoxy groups -OCH3 is 1. The van der Waals surface area contributed by atoms with Gasteiger partial charge in [0.05, 0.1) is 12.7 Å². The Balaban J connectivity index is 3.23. The first-order chi connectivity index (χ1) is 6.56. The van der Waals surface area contributed by atoms with E-state index in [2.05, 4.69) is 15.9 Å². The first kappa shape index (κ1) is 10.7. The van der Waals surface area contributed by atoms with Crippen molar-refractivity contribution in [1.82, 2.24) is 0 Å². The Labute approximate surface area is 89.2 Å². The molecule has 0 unspecified atom stereocenters. The fraction of sp³-hybridized carbons (Fsp3) is 0.111. The molecule has 0 heterocycles. The number of carbonyl (C=O) groups is 2. The van der Waals surface area contributed by atoms with E-state index in [1.54, 1.807) is 12.1 Å². The molecule has 0 bridgehead atoms. The Hall–Kier alpha value is -1.36. The van der Waals surface area contributed by atoms with Gasteiger partial charge >= 0.3 is 0 Å². The maximum Gasteiger partial charge on any atom is 0.289 e. The van der Waals surface area contributed by atoms with Crippen molar-refractivity contribution < 1.29 is 14.3 Å². The van der Waals surface area contributed by atoms with Gasteiger partial charge in [0.1, 0.15) is 5.75 Å². The molecule has 74 valence electrons. The van der Waals surface area contributed by atoms with Crippen molar-refractivity contribution in [3.8, 4) is 5.75 Å². The molecule has 0 aliphatic heterocycles. The maximum atomic E-state index is 11.3. The van der Waals surface area contributed by atoms with Crippen LogP contribution < -0.4 is 10.5 Å². The van der Waals surface area contributed by atoms with Crippen LogP contribution in [0.15, 0.2) is 22.7 Å². The Bertz CT molecular complexity index is 390. The molecule has 0 aliphatic rings. The molecule has 0 saturated heterocycles. The molecule has 0 saturated carbocycles. The van der Waals surface area contributed by atoms with Gasteiger partial charge < -0.3 is 10.5 Å². The van der Waals surface area contributed by atoms with Crippen molar-refractivity contribution in [2.24, 2.45) is 5.73 Å². The van der Waals surface area contributed by atoms with E-state index in [9.17, 15) is 9.59 Å². The SMILES string of the molecule is COc1ccc(Br)cc1C(=O)C(N)=O. The van der Waals surface area contributed by atoms with Crippen molar-refractivity contribution in [2.45, 2.75) is 0 Å². The van der Waals surface area contributed by atoms with Gasteiger partial charge in [-0.2, -0.15) is 0 Å². The van der Waals surface area contributed by atoms with E-state index in [1.165, 1.54) is 13.2 Å². The van der Waals surface area contributed by atoms with Crippen molar-refractivity contribution in [2.75, 3.05) is 7.11 Å². The van der Waals surface area contributed by atoms with Gasteiger partial charge in [0.2, 0.25) is 0 Å². The lowest BCUT2D eigenvalue weighted by atomic mass is 10.1. The van der Waals surface area contributed by atoms with E-state index >= 15 is 0 Å². The predicted octanol–water partition coefficient (Wildman–Crippen LogP) is 1.13. The highest BCUT2D eigenvalue weighted by molar-refractivity contribution is 9.10. The number of ether oxygens (including phenoxy) is 1. The number of nitrogens with two attached hydrogens (primary N) is 1. The number of benzene rings is 1. The van der Waals surface area contributed by atoms with Gasteiger partial charge in [-0.15, -0.1) is 0 Å². The van der Waals surface area contributed by atoms with E-state index in [0.29, 0.717) is 10.2 Å². The Morgan fingerprint density at radius 3 is 2.57 bits per heavy atom. The summed E-state index contributed by atoms with van der Waals surface area (Å²) in [5.74, 6) is -1.43. The zero-order valence-corrected chi connectivity index (χ0v) is 9.00. The second-order valence-electron chi connectivity index (χ2n) is 2.54. The van der Waals surface area contributed by atoms with Gasteiger partial charge in [-0.3, -0.25) is 9.59 Å². The summed E-state index contributed by atoms with van der Waals surface area (Å²) in [6.45, 7) is 0. The molecule has 1 amide bonds. The summed E-state index contributed by atoms with van der Waals surface area (Å²) in [7, 11) is 1.42. The number of halogens is 1. The van der Waals surface area contributed by atoms with Crippen LogP contribution in [0.5, 0.6) is 5.75 Å². The highest BCUT2D eigenvalue weighted by Crippen LogP contribution is 2.23. The number of carbonyl (C=O) groups excluding carboxylic acids is 2. The molecule has 1 rings (SSSR count). The number of ketones is 1. The van der Waals surface area contributed by atoms with Crippen LogP contribution in [-0.4, -0.2) is 18.8 Å². The molecule has 1 aromatic carbocycles. The number of primary amides is 1. The van der Waals surface area contributed by atoms with Crippen LogP contribution in [-0.2, 0) is 4.79 Å². The van der Waals surface area contributed by atoms with Crippen molar-refractivity contribution in [1.29, 1.82) is 0 Å². The standard InChI is InChI=1S/C9H8BrNO3/c1-14-7-3-2-5(10)4-6(7)8(12)9(11)13/h2-4H,1H3,(H2,11,13). The van der Waals surface area contributed by atoms with Crippen LogP contribution in [0.2, 0.25) is 0 Å². The third-order valence-corrected chi connectivity index (χ3v) is 2.12. The molecule has 5 heteroatoms. The minimum atomic E-state index is -0.999. The highest BCUT2D eigenvalue weighted by Gasteiger charge is 2.17. The predicted molar refractivity (Wildman–Crippen MR) is 54.2 cm³/mol. The van der Waals surface area contributed by atoms with E-state index in [0.717, 1.165) is 0 Å². The van der Waals surface area contributed by atoms with Crippen LogP contribution in [0.4, 0.5) is 0 Å². The van der Waals surface area contributed by atoms with Crippen molar-refractivity contribution in [3.63, 3.8) is 0 Å². The van der Waals surface area contributed by atoms with Crippen LogP contribution in [0.25, 0.3) is 0 Å². The Morgan fingerprint density at radius 1 is 1.43 bits per heavy atom. The van der Waals surface area contributed by atoms with E-state index in [4.69, 9.17) is 10.5 Å². The smallest absolute Gasteiger partial charge is 0.289 e. The number of amides is 1. The lowest BCUT2D eigenvalue weighted by molar-refractivity contribution is -0.114. The molecule has 0 spiro atoms. The Morgan fingerprint density at radius 2 is 2.07 bits per heavy atom. The summed E-state index contributed by atoms with van der Waals surface area (Å²) in [5, 5.41) is 0. The molecular formula is C9H8BrNO3. The molecular weight excluding hydrogens is 250 g/mol. The van der Waals surface area contributed by atoms with E-state index in [1.807, 2.05) is 0 Å². The minimum absolute atomic E-state index is 0.161. The number of rotatable bonds is 3. The fourth-order valence-electron chi connectivity index (χ4n) is 0.990. The number of hydrogen-bond donors (Lipinski definition) is 1. The summed E-state index contributed by atoms with van der Waals surface area (Å²) in [4.78, 5) is 22.0. The zero-order chi connectivity index (χ0) is 10.7. The summed E-state index contributed by atoms with van der Waals surface area (Å²) in [6, 6.07) is 4.78. The fourth-order valence-corrected chi connectivity index (χ4v) is 1.35. The lowest BCUT2D eigenvalue weighted by Crippen LogP contribution is -2.23. The normalized spacial score (nSPS) is 9.57. The van der Waals surface area contributed by atoms with Crippen LogP contribution in [0.1, 0.15) is 10.4 Å². The lowest BCUT2D eigenvalue weighted by Gasteiger charge is -2.05. The first-order valence-corrected chi connectivity index (χ1v) is 4.53. The van der Waals surface area contributed by atoms with Gasteiger partial charge in [0.25, 0.3) is 11.7 Å². The third-order valence-electron chi connectivity index (χ3n) is 1.63. The van der Waals surface area contributed by atoms with Gasteiger partial charge in [-0.1, -0.05) is 15.9 Å². The molecule has 14 heavy (non-hydrogen) atoms. The largest absolute Gasteiger partial charge is 0.496 e. The maximum absolute atomic E-state index is 11.3. The quantitative estimate of drug-likeness (QED) is 0.652. The molecule has 0 radical (unpaired) electrons.